The lowest BCUT2D eigenvalue weighted by atomic mass is 9.99. The molecule has 0 aliphatic heterocycles. The summed E-state index contributed by atoms with van der Waals surface area (Å²) >= 11 is 0. The highest BCUT2D eigenvalue weighted by Gasteiger charge is 2.17. The molecule has 0 aliphatic rings. The number of unbranched alkanes of at least 4 members (excludes halogenated alkanes) is 1. The van der Waals surface area contributed by atoms with Crippen LogP contribution in [0.25, 0.3) is 0 Å². The molecule has 0 rings (SSSR count). The van der Waals surface area contributed by atoms with Gasteiger partial charge in [0.2, 0.25) is 0 Å². The number of nitrogens with zero attached hydrogens (tertiary/aromatic N) is 1. The fourth-order valence-corrected chi connectivity index (χ4v) is 1.94. The zero-order chi connectivity index (χ0) is 14.0. The monoisotopic (exact) mass is 260 g/mol. The van der Waals surface area contributed by atoms with Crippen LogP contribution in [0.3, 0.4) is 0 Å². The molecule has 0 aromatic rings. The number of rotatable bonds is 11. The van der Waals surface area contributed by atoms with Gasteiger partial charge in [-0.1, -0.05) is 6.92 Å². The summed E-state index contributed by atoms with van der Waals surface area (Å²) in [6.45, 7) is 9.45. The fourth-order valence-electron chi connectivity index (χ4n) is 1.94. The summed E-state index contributed by atoms with van der Waals surface area (Å²) in [6.07, 6.45) is 4.06. The molecule has 0 bridgehead atoms. The summed E-state index contributed by atoms with van der Waals surface area (Å²) in [6, 6.07) is 0.593. The maximum atomic E-state index is 9.83. The van der Waals surface area contributed by atoms with Crippen molar-refractivity contribution in [2.45, 2.75) is 58.1 Å². The van der Waals surface area contributed by atoms with E-state index in [1.54, 1.807) is 7.11 Å². The van der Waals surface area contributed by atoms with Gasteiger partial charge in [0.05, 0.1) is 12.2 Å². The molecule has 0 saturated carbocycles. The van der Waals surface area contributed by atoms with Gasteiger partial charge in [0.1, 0.15) is 0 Å². The van der Waals surface area contributed by atoms with Crippen molar-refractivity contribution in [1.82, 2.24) is 4.90 Å². The molecule has 3 N–H and O–H groups in total. The second-order valence-electron chi connectivity index (χ2n) is 5.44. The molecular formula is C14H32N2O2. The number of ether oxygens (including phenoxy) is 1. The molecule has 0 amide bonds. The predicted molar refractivity (Wildman–Crippen MR) is 76.7 cm³/mol. The summed E-state index contributed by atoms with van der Waals surface area (Å²) in [5.41, 5.74) is 4.81. The lowest BCUT2D eigenvalue weighted by Crippen LogP contribution is -2.37. The van der Waals surface area contributed by atoms with E-state index >= 15 is 0 Å². The lowest BCUT2D eigenvalue weighted by molar-refractivity contribution is 0.0551. The largest absolute Gasteiger partial charge is 0.389 e. The van der Waals surface area contributed by atoms with Gasteiger partial charge in [-0.25, -0.2) is 0 Å². The minimum absolute atomic E-state index is 0.339. The third-order valence-corrected chi connectivity index (χ3v) is 3.65. The first kappa shape index (κ1) is 17.8. The maximum Gasteiger partial charge on any atom is 0.0741 e. The van der Waals surface area contributed by atoms with E-state index in [1.165, 1.54) is 0 Å². The van der Waals surface area contributed by atoms with E-state index in [2.05, 4.69) is 18.7 Å². The minimum Gasteiger partial charge on any atom is -0.389 e. The molecule has 4 nitrogen and oxygen atoms in total. The maximum absolute atomic E-state index is 9.83. The second kappa shape index (κ2) is 9.73. The molecule has 2 atom stereocenters. The van der Waals surface area contributed by atoms with Crippen molar-refractivity contribution in [2.75, 3.05) is 33.4 Å². The SMILES string of the molecule is CCC(C)N(CCCCC(C)(O)CN)CCOC. The molecule has 110 valence electrons. The highest BCUT2D eigenvalue weighted by molar-refractivity contribution is 4.73. The molecule has 0 heterocycles. The van der Waals surface area contributed by atoms with Gasteiger partial charge in [0, 0.05) is 26.2 Å². The van der Waals surface area contributed by atoms with Gasteiger partial charge in [0.25, 0.3) is 0 Å². The van der Waals surface area contributed by atoms with Gasteiger partial charge in [-0.2, -0.15) is 0 Å². The Balaban J connectivity index is 3.89. The summed E-state index contributed by atoms with van der Waals surface area (Å²) < 4.78 is 5.15. The Labute approximate surface area is 112 Å². The minimum atomic E-state index is -0.701. The number of aliphatic hydroxyl groups is 1. The van der Waals surface area contributed by atoms with Gasteiger partial charge in [0.15, 0.2) is 0 Å². The smallest absolute Gasteiger partial charge is 0.0741 e. The molecule has 0 spiro atoms. The van der Waals surface area contributed by atoms with Crippen molar-refractivity contribution in [1.29, 1.82) is 0 Å². The fraction of sp³-hybridized carbons (Fsp3) is 1.00. The Morgan fingerprint density at radius 1 is 1.33 bits per heavy atom. The topological polar surface area (TPSA) is 58.7 Å². The van der Waals surface area contributed by atoms with Crippen LogP contribution in [0.15, 0.2) is 0 Å². The average Bonchev–Trinajstić information content (AvgIpc) is 2.37. The Morgan fingerprint density at radius 3 is 2.50 bits per heavy atom. The third-order valence-electron chi connectivity index (χ3n) is 3.65. The first-order valence-electron chi connectivity index (χ1n) is 7.12. The Morgan fingerprint density at radius 2 is 2.00 bits per heavy atom. The van der Waals surface area contributed by atoms with E-state index in [0.717, 1.165) is 45.4 Å². The van der Waals surface area contributed by atoms with Crippen LogP contribution in [-0.4, -0.2) is 55.0 Å². The highest BCUT2D eigenvalue weighted by atomic mass is 16.5. The highest BCUT2D eigenvalue weighted by Crippen LogP contribution is 2.13. The number of hydrogen-bond donors (Lipinski definition) is 2. The van der Waals surface area contributed by atoms with Crippen molar-refractivity contribution >= 4 is 0 Å². The zero-order valence-corrected chi connectivity index (χ0v) is 12.6. The Hall–Kier alpha value is -0.160. The van der Waals surface area contributed by atoms with Crippen LogP contribution in [0.2, 0.25) is 0 Å². The first-order chi connectivity index (χ1) is 8.46. The summed E-state index contributed by atoms with van der Waals surface area (Å²) in [4.78, 5) is 2.46. The number of methoxy groups -OCH3 is 1. The van der Waals surface area contributed by atoms with Crippen LogP contribution in [0.1, 0.15) is 46.5 Å². The van der Waals surface area contributed by atoms with Crippen LogP contribution in [-0.2, 0) is 4.74 Å². The first-order valence-corrected chi connectivity index (χ1v) is 7.12. The van der Waals surface area contributed by atoms with Crippen LogP contribution in [0.4, 0.5) is 0 Å². The van der Waals surface area contributed by atoms with Crippen molar-refractivity contribution in [3.05, 3.63) is 0 Å². The van der Waals surface area contributed by atoms with Gasteiger partial charge < -0.3 is 15.6 Å². The van der Waals surface area contributed by atoms with Crippen LogP contribution in [0, 0.1) is 0 Å². The van der Waals surface area contributed by atoms with Gasteiger partial charge in [-0.15, -0.1) is 0 Å². The van der Waals surface area contributed by atoms with E-state index in [1.807, 2.05) is 6.92 Å². The van der Waals surface area contributed by atoms with Crippen molar-refractivity contribution in [2.24, 2.45) is 5.73 Å². The van der Waals surface area contributed by atoms with Gasteiger partial charge in [-0.05, 0) is 46.1 Å². The molecule has 4 heteroatoms. The third kappa shape index (κ3) is 8.03. The van der Waals surface area contributed by atoms with Crippen molar-refractivity contribution in [3.63, 3.8) is 0 Å². The molecule has 0 aliphatic carbocycles. The predicted octanol–water partition coefficient (Wildman–Crippen LogP) is 1.61. The average molecular weight is 260 g/mol. The second-order valence-corrected chi connectivity index (χ2v) is 5.44. The van der Waals surface area contributed by atoms with Crippen LogP contribution < -0.4 is 5.73 Å². The summed E-state index contributed by atoms with van der Waals surface area (Å²) in [7, 11) is 1.74. The van der Waals surface area contributed by atoms with E-state index in [-0.39, 0.29) is 0 Å². The molecule has 2 unspecified atom stereocenters. The Kier molecular flexibility index (Phi) is 9.64. The standard InChI is InChI=1S/C14H32N2O2/c1-5-13(2)16(10-11-18-4)9-7-6-8-14(3,17)12-15/h13,17H,5-12,15H2,1-4H3. The van der Waals surface area contributed by atoms with Gasteiger partial charge in [-0.3, -0.25) is 4.90 Å². The van der Waals surface area contributed by atoms with E-state index in [9.17, 15) is 5.11 Å². The van der Waals surface area contributed by atoms with Crippen molar-refractivity contribution in [3.8, 4) is 0 Å². The Bertz CT molecular complexity index is 198. The summed E-state index contributed by atoms with van der Waals surface area (Å²) in [5.74, 6) is 0. The molecule has 18 heavy (non-hydrogen) atoms. The number of nitrogens with two attached hydrogens (primary N) is 1. The summed E-state index contributed by atoms with van der Waals surface area (Å²) in [5, 5.41) is 9.83. The molecular weight excluding hydrogens is 228 g/mol. The lowest BCUT2D eigenvalue weighted by Gasteiger charge is -2.28. The normalized spacial score (nSPS) is 16.8. The quantitative estimate of drug-likeness (QED) is 0.554. The molecule has 0 aromatic heterocycles. The van der Waals surface area contributed by atoms with Crippen molar-refractivity contribution < 1.29 is 9.84 Å². The van der Waals surface area contributed by atoms with Crippen LogP contribution in [0.5, 0.6) is 0 Å². The molecule has 0 radical (unpaired) electrons. The molecule has 0 fully saturated rings. The molecule has 0 aromatic carbocycles. The van der Waals surface area contributed by atoms with E-state index in [4.69, 9.17) is 10.5 Å². The van der Waals surface area contributed by atoms with E-state index in [0.29, 0.717) is 12.6 Å². The zero-order valence-electron chi connectivity index (χ0n) is 12.6. The number of hydrogen-bond acceptors (Lipinski definition) is 4. The van der Waals surface area contributed by atoms with Gasteiger partial charge >= 0.3 is 0 Å². The molecule has 0 saturated heterocycles. The van der Waals surface area contributed by atoms with Crippen LogP contribution >= 0.6 is 0 Å². The van der Waals surface area contributed by atoms with E-state index < -0.39 is 5.60 Å².